The number of H-pyrrole nitrogens is 1. The van der Waals surface area contributed by atoms with Gasteiger partial charge in [-0.1, -0.05) is 30.3 Å². The maximum Gasteiger partial charge on any atom is 0.573 e. The molecule has 2 aromatic carbocycles. The molecule has 3 aliphatic heterocycles. The summed E-state index contributed by atoms with van der Waals surface area (Å²) in [6.07, 6.45) is -2.80. The predicted octanol–water partition coefficient (Wildman–Crippen LogP) is 4.33. The van der Waals surface area contributed by atoms with Gasteiger partial charge in [0.15, 0.2) is 0 Å². The number of aromatic amines is 1. The van der Waals surface area contributed by atoms with E-state index >= 15 is 0 Å². The molecule has 4 unspecified atom stereocenters. The van der Waals surface area contributed by atoms with Crippen LogP contribution < -0.4 is 10.1 Å². The summed E-state index contributed by atoms with van der Waals surface area (Å²) in [5.74, 6) is -0.582. The van der Waals surface area contributed by atoms with Crippen LogP contribution in [0, 0.1) is 0 Å². The van der Waals surface area contributed by atoms with E-state index in [0.717, 1.165) is 73.5 Å². The third-order valence-electron chi connectivity index (χ3n) is 8.61. The molecule has 3 aliphatic rings. The number of carbonyl (C=O) groups is 1. The molecule has 8 nitrogen and oxygen atoms in total. The number of piperidine rings is 1. The highest BCUT2D eigenvalue weighted by atomic mass is 19.4. The van der Waals surface area contributed by atoms with Gasteiger partial charge in [0.1, 0.15) is 11.8 Å². The highest BCUT2D eigenvalue weighted by Crippen LogP contribution is 2.49. The first-order valence-electron chi connectivity index (χ1n) is 14.1. The van der Waals surface area contributed by atoms with Crippen molar-refractivity contribution in [3.05, 3.63) is 65.4 Å². The van der Waals surface area contributed by atoms with Crippen molar-refractivity contribution in [3.8, 4) is 5.75 Å². The highest BCUT2D eigenvalue weighted by Gasteiger charge is 2.48. The lowest BCUT2D eigenvalue weighted by molar-refractivity contribution is -0.274. The molecule has 2 N–H and O–H groups in total. The number of carbonyl (C=O) groups excluding carboxylic acids is 1. The highest BCUT2D eigenvalue weighted by molar-refractivity contribution is 5.87. The molecule has 4 heterocycles. The van der Waals surface area contributed by atoms with Crippen molar-refractivity contribution in [2.24, 2.45) is 0 Å². The van der Waals surface area contributed by atoms with Crippen LogP contribution in [-0.4, -0.2) is 85.7 Å². The number of para-hydroxylation sites is 1. The minimum absolute atomic E-state index is 0.110. The average Bonchev–Trinajstić information content (AvgIpc) is 3.35. The number of nitrogens with zero attached hydrogens (tertiary/aromatic N) is 2. The summed E-state index contributed by atoms with van der Waals surface area (Å²) in [6, 6.07) is 13.4. The fourth-order valence-electron chi connectivity index (χ4n) is 6.78. The SMILES string of the molecule is COC(=O)C1Cc2c([nH]c3ccccc23)C2CC(NCCN3CCOCC3)CC(c3ccc(OC(F)(F)F)cc3)N12. The molecule has 0 amide bonds. The molecular formula is C30H35F3N4O4. The van der Waals surface area contributed by atoms with Gasteiger partial charge in [0.2, 0.25) is 0 Å². The van der Waals surface area contributed by atoms with Crippen LogP contribution in [0.3, 0.4) is 0 Å². The fourth-order valence-corrected chi connectivity index (χ4v) is 6.78. The van der Waals surface area contributed by atoms with Gasteiger partial charge in [-0.15, -0.1) is 13.2 Å². The molecule has 41 heavy (non-hydrogen) atoms. The van der Waals surface area contributed by atoms with E-state index in [2.05, 4.69) is 30.9 Å². The van der Waals surface area contributed by atoms with E-state index in [9.17, 15) is 18.0 Å². The van der Waals surface area contributed by atoms with Crippen LogP contribution in [0.2, 0.25) is 0 Å². The van der Waals surface area contributed by atoms with Crippen LogP contribution in [0.4, 0.5) is 13.2 Å². The van der Waals surface area contributed by atoms with E-state index in [1.165, 1.54) is 19.2 Å². The third kappa shape index (κ3) is 5.94. The first-order valence-corrected chi connectivity index (χ1v) is 14.1. The number of nitrogens with one attached hydrogen (secondary N) is 2. The summed E-state index contributed by atoms with van der Waals surface area (Å²) in [4.78, 5) is 21.5. The Balaban J connectivity index is 1.34. The Bertz CT molecular complexity index is 1360. The Morgan fingerprint density at radius 2 is 1.80 bits per heavy atom. The molecule has 4 atom stereocenters. The number of morpholine rings is 1. The molecule has 1 aromatic heterocycles. The van der Waals surface area contributed by atoms with Crippen LogP contribution in [0.5, 0.6) is 5.75 Å². The Hall–Kier alpha value is -3.12. The Morgan fingerprint density at radius 1 is 1.07 bits per heavy atom. The second-order valence-corrected chi connectivity index (χ2v) is 11.0. The van der Waals surface area contributed by atoms with Gasteiger partial charge in [-0.25, -0.2) is 0 Å². The summed E-state index contributed by atoms with van der Waals surface area (Å²) in [5.41, 5.74) is 4.07. The fraction of sp³-hybridized carbons (Fsp3) is 0.500. The molecular weight excluding hydrogens is 537 g/mol. The van der Waals surface area contributed by atoms with Gasteiger partial charge in [0.25, 0.3) is 0 Å². The van der Waals surface area contributed by atoms with E-state index in [-0.39, 0.29) is 29.8 Å². The van der Waals surface area contributed by atoms with Crippen molar-refractivity contribution in [3.63, 3.8) is 0 Å². The Morgan fingerprint density at radius 3 is 2.54 bits per heavy atom. The number of hydrogen-bond donors (Lipinski definition) is 2. The van der Waals surface area contributed by atoms with Crippen molar-refractivity contribution in [2.75, 3.05) is 46.5 Å². The first-order chi connectivity index (χ1) is 19.8. The molecule has 0 saturated carbocycles. The molecule has 0 radical (unpaired) electrons. The van der Waals surface area contributed by atoms with Gasteiger partial charge in [0.05, 0.1) is 26.4 Å². The molecule has 2 fully saturated rings. The number of aromatic nitrogens is 1. The van der Waals surface area contributed by atoms with Crippen molar-refractivity contribution in [2.45, 2.75) is 49.8 Å². The molecule has 3 aromatic rings. The summed E-state index contributed by atoms with van der Waals surface area (Å²) in [5, 5.41) is 4.85. The number of methoxy groups -OCH3 is 1. The van der Waals surface area contributed by atoms with Gasteiger partial charge in [-0.3, -0.25) is 14.6 Å². The van der Waals surface area contributed by atoms with Crippen LogP contribution in [0.1, 0.15) is 41.7 Å². The first kappa shape index (κ1) is 28.0. The minimum Gasteiger partial charge on any atom is -0.468 e. The molecule has 0 spiro atoms. The summed E-state index contributed by atoms with van der Waals surface area (Å²) in [6.45, 7) is 5.03. The zero-order valence-electron chi connectivity index (χ0n) is 23.0. The van der Waals surface area contributed by atoms with Gasteiger partial charge in [0, 0.05) is 61.3 Å². The Kier molecular flexibility index (Phi) is 7.95. The van der Waals surface area contributed by atoms with Crippen LogP contribution in [0.15, 0.2) is 48.5 Å². The summed E-state index contributed by atoms with van der Waals surface area (Å²) < 4.78 is 53.4. The van der Waals surface area contributed by atoms with Crippen LogP contribution >= 0.6 is 0 Å². The second kappa shape index (κ2) is 11.6. The van der Waals surface area contributed by atoms with Crippen molar-refractivity contribution in [1.82, 2.24) is 20.1 Å². The van der Waals surface area contributed by atoms with E-state index in [1.807, 2.05) is 18.2 Å². The molecule has 220 valence electrons. The maximum atomic E-state index is 13.3. The third-order valence-corrected chi connectivity index (χ3v) is 8.61. The Labute approximate surface area is 236 Å². The van der Waals surface area contributed by atoms with Gasteiger partial charge < -0.3 is 24.5 Å². The molecule has 0 bridgehead atoms. The van der Waals surface area contributed by atoms with Gasteiger partial charge in [-0.05, 0) is 42.2 Å². The largest absolute Gasteiger partial charge is 0.573 e. The summed E-state index contributed by atoms with van der Waals surface area (Å²) >= 11 is 0. The van der Waals surface area contributed by atoms with E-state index in [0.29, 0.717) is 12.8 Å². The lowest BCUT2D eigenvalue weighted by atomic mass is 9.79. The molecule has 11 heteroatoms. The lowest BCUT2D eigenvalue weighted by Crippen LogP contribution is -2.56. The number of alkyl halides is 3. The standard InChI is InChI=1S/C30H35F3N4O4/c1-39-29(38)27-18-23-22-4-2-3-5-24(22)35-28(23)26-17-20(34-10-11-36-12-14-40-15-13-36)16-25(37(26)27)19-6-8-21(9-7-19)41-30(31,32)33/h2-9,20,25-27,34-35H,10-18H2,1H3. The smallest absolute Gasteiger partial charge is 0.468 e. The monoisotopic (exact) mass is 572 g/mol. The average molecular weight is 573 g/mol. The quantitative estimate of drug-likeness (QED) is 0.408. The molecule has 2 saturated heterocycles. The lowest BCUT2D eigenvalue weighted by Gasteiger charge is -2.51. The number of benzene rings is 2. The van der Waals surface area contributed by atoms with Crippen molar-refractivity contribution < 1.29 is 32.2 Å². The molecule has 0 aliphatic carbocycles. The summed E-state index contributed by atoms with van der Waals surface area (Å²) in [7, 11) is 1.40. The normalized spacial score (nSPS) is 25.5. The maximum absolute atomic E-state index is 13.3. The number of esters is 1. The number of ether oxygens (including phenoxy) is 3. The van der Waals surface area contributed by atoms with Crippen molar-refractivity contribution >= 4 is 16.9 Å². The van der Waals surface area contributed by atoms with Crippen LogP contribution in [-0.2, 0) is 20.7 Å². The number of fused-ring (bicyclic) bond motifs is 5. The topological polar surface area (TPSA) is 79.1 Å². The van der Waals surface area contributed by atoms with E-state index in [4.69, 9.17) is 9.47 Å². The van der Waals surface area contributed by atoms with Gasteiger partial charge >= 0.3 is 12.3 Å². The predicted molar refractivity (Wildman–Crippen MR) is 147 cm³/mol. The molecule has 6 rings (SSSR count). The number of rotatable bonds is 7. The van der Waals surface area contributed by atoms with Crippen molar-refractivity contribution in [1.29, 1.82) is 0 Å². The second-order valence-electron chi connectivity index (χ2n) is 11.0. The van der Waals surface area contributed by atoms with Gasteiger partial charge in [-0.2, -0.15) is 0 Å². The zero-order chi connectivity index (χ0) is 28.6. The minimum atomic E-state index is -4.76. The number of halogens is 3. The van der Waals surface area contributed by atoms with E-state index < -0.39 is 12.4 Å². The van der Waals surface area contributed by atoms with Crippen LogP contribution in [0.25, 0.3) is 10.9 Å². The number of hydrogen-bond acceptors (Lipinski definition) is 7. The zero-order valence-corrected chi connectivity index (χ0v) is 23.0. The van der Waals surface area contributed by atoms with E-state index in [1.54, 1.807) is 12.1 Å².